The monoisotopic (exact) mass is 515 g/mol. The number of carbonyl (C=O) groups excluding carboxylic acids is 1. The molecule has 0 unspecified atom stereocenters. The van der Waals surface area contributed by atoms with Crippen LogP contribution in [0.5, 0.6) is 5.75 Å². The minimum absolute atomic E-state index is 0.0910. The summed E-state index contributed by atoms with van der Waals surface area (Å²) in [7, 11) is 0. The molecule has 0 spiro atoms. The third-order valence-electron chi connectivity index (χ3n) is 5.46. The summed E-state index contributed by atoms with van der Waals surface area (Å²) in [5, 5.41) is 28.9. The van der Waals surface area contributed by atoms with Gasteiger partial charge in [0, 0.05) is 28.5 Å². The number of benzene rings is 2. The van der Waals surface area contributed by atoms with Crippen molar-refractivity contribution in [2.45, 2.75) is 67.2 Å². The summed E-state index contributed by atoms with van der Waals surface area (Å²) in [5.74, 6) is 0.473. The largest absolute Gasteiger partial charge is 0.482 e. The van der Waals surface area contributed by atoms with Crippen molar-refractivity contribution < 1.29 is 24.2 Å². The lowest BCUT2D eigenvalue weighted by molar-refractivity contribution is -0.909. The zero-order valence-electron chi connectivity index (χ0n) is 23.1. The third kappa shape index (κ3) is 7.72. The van der Waals surface area contributed by atoms with Crippen molar-refractivity contribution in [3.05, 3.63) is 88.2 Å². The average Bonchev–Trinajstić information content (AvgIpc) is 2.90. The Bertz CT molecular complexity index is 1350. The Hall–Kier alpha value is -4.56. The summed E-state index contributed by atoms with van der Waals surface area (Å²) in [5.41, 5.74) is 3.53. The van der Waals surface area contributed by atoms with Crippen molar-refractivity contribution in [3.63, 3.8) is 0 Å². The molecular weight excluding hydrogens is 480 g/mol. The highest BCUT2D eigenvalue weighted by atomic mass is 16.6. The van der Waals surface area contributed by atoms with Gasteiger partial charge in [-0.05, 0) is 69.7 Å². The fraction of sp³-hybridized carbons (Fsp3) is 0.333. The maximum Gasteiger partial charge on any atom is 0.415 e. The van der Waals surface area contributed by atoms with E-state index in [1.165, 1.54) is 11.1 Å². The van der Waals surface area contributed by atoms with Gasteiger partial charge in [-0.25, -0.2) is 4.79 Å². The maximum atomic E-state index is 13.1. The number of rotatable bonds is 6. The van der Waals surface area contributed by atoms with E-state index in [0.717, 1.165) is 15.9 Å². The van der Waals surface area contributed by atoms with Crippen LogP contribution in [0.15, 0.2) is 54.7 Å². The lowest BCUT2D eigenvalue weighted by atomic mass is 10.1. The van der Waals surface area contributed by atoms with Gasteiger partial charge in [0.2, 0.25) is 6.20 Å². The van der Waals surface area contributed by atoms with E-state index >= 15 is 0 Å². The van der Waals surface area contributed by atoms with E-state index in [4.69, 9.17) is 20.0 Å². The zero-order chi connectivity index (χ0) is 28.5. The van der Waals surface area contributed by atoms with Gasteiger partial charge in [-0.2, -0.15) is 10.5 Å². The van der Waals surface area contributed by atoms with Crippen LogP contribution in [-0.2, 0) is 17.9 Å². The van der Waals surface area contributed by atoms with E-state index in [2.05, 4.69) is 12.1 Å². The Balaban J connectivity index is 0.00000247. The molecule has 0 aliphatic rings. The van der Waals surface area contributed by atoms with Crippen LogP contribution in [0, 0.1) is 36.5 Å². The highest BCUT2D eigenvalue weighted by Gasteiger charge is 2.28. The van der Waals surface area contributed by atoms with Crippen LogP contribution >= 0.6 is 0 Å². The third-order valence-corrected chi connectivity index (χ3v) is 5.46. The number of carbonyl (C=O) groups is 1. The quantitative estimate of drug-likeness (QED) is 0.313. The van der Waals surface area contributed by atoms with Gasteiger partial charge < -0.3 is 9.47 Å². The Labute approximate surface area is 224 Å². The van der Waals surface area contributed by atoms with Crippen LogP contribution in [0.4, 0.5) is 10.5 Å². The van der Waals surface area contributed by atoms with E-state index in [1.807, 2.05) is 26.8 Å². The van der Waals surface area contributed by atoms with Gasteiger partial charge in [0.1, 0.15) is 12.2 Å². The molecule has 0 saturated carbocycles. The lowest BCUT2D eigenvalue weighted by Gasteiger charge is -2.28. The summed E-state index contributed by atoms with van der Waals surface area (Å²) in [6.45, 7) is 13.2. The van der Waals surface area contributed by atoms with Crippen molar-refractivity contribution in [1.82, 2.24) is 0 Å². The first-order valence-electron chi connectivity index (χ1n) is 12.4. The second-order valence-corrected chi connectivity index (χ2v) is 9.36. The summed E-state index contributed by atoms with van der Waals surface area (Å²) < 4.78 is 12.7. The van der Waals surface area contributed by atoms with Gasteiger partial charge in [0.05, 0.1) is 29.8 Å². The Morgan fingerprint density at radius 3 is 2.24 bits per heavy atom. The van der Waals surface area contributed by atoms with Crippen LogP contribution < -0.4 is 14.4 Å². The number of pyridine rings is 1. The number of hydrogen-bond donors (Lipinski definition) is 1. The number of nitriles is 2. The van der Waals surface area contributed by atoms with Crippen molar-refractivity contribution in [2.24, 2.45) is 0 Å². The SMILES string of the molecule is CC.Cc1c(CN(C(=O)OC(C)(C)C)c2ccc(C#N)cc2)c[n+](O)c(C)c1OCc1cccc(C#N)c1. The molecule has 1 aromatic heterocycles. The predicted octanol–water partition coefficient (Wildman–Crippen LogP) is 6.12. The predicted molar refractivity (Wildman–Crippen MR) is 144 cm³/mol. The second kappa shape index (κ2) is 13.1. The molecular formula is C30H35N4O4+. The average molecular weight is 516 g/mol. The summed E-state index contributed by atoms with van der Waals surface area (Å²) in [4.78, 5) is 14.6. The lowest BCUT2D eigenvalue weighted by Crippen LogP contribution is -2.39. The van der Waals surface area contributed by atoms with E-state index in [1.54, 1.807) is 70.2 Å². The van der Waals surface area contributed by atoms with Crippen LogP contribution in [-0.4, -0.2) is 16.9 Å². The summed E-state index contributed by atoms with van der Waals surface area (Å²) in [6, 6.07) is 17.9. The number of ether oxygens (including phenoxy) is 2. The first-order chi connectivity index (χ1) is 18.0. The van der Waals surface area contributed by atoms with Crippen molar-refractivity contribution in [2.75, 3.05) is 4.90 Å². The van der Waals surface area contributed by atoms with Gasteiger partial charge in [-0.15, -0.1) is 0 Å². The molecule has 0 saturated heterocycles. The van der Waals surface area contributed by atoms with Crippen molar-refractivity contribution in [3.8, 4) is 17.9 Å². The van der Waals surface area contributed by atoms with Crippen LogP contribution in [0.1, 0.15) is 68.1 Å². The van der Waals surface area contributed by atoms with E-state index in [-0.39, 0.29) is 13.2 Å². The first-order valence-corrected chi connectivity index (χ1v) is 12.4. The van der Waals surface area contributed by atoms with Crippen LogP contribution in [0.2, 0.25) is 0 Å². The molecule has 3 aromatic rings. The molecule has 0 radical (unpaired) electrons. The number of nitrogens with zero attached hydrogens (tertiary/aromatic N) is 4. The van der Waals surface area contributed by atoms with Crippen molar-refractivity contribution in [1.29, 1.82) is 10.5 Å². The Morgan fingerprint density at radius 1 is 1.03 bits per heavy atom. The standard InChI is InChI=1S/C28H29N4O4.C2H6/c1-19-24(16-31(27(33)36-28(3,4)5)25-11-9-21(14-29)10-12-25)17-32(34)20(2)26(19)35-18-23-8-6-7-22(13-23)15-30;1-2/h6-13,17,34H,16,18H2,1-5H3;1-2H3/q+1;. The van der Waals surface area contributed by atoms with E-state index in [0.29, 0.717) is 33.8 Å². The second-order valence-electron chi connectivity index (χ2n) is 9.36. The fourth-order valence-corrected chi connectivity index (χ4v) is 3.59. The normalized spacial score (nSPS) is 10.3. The van der Waals surface area contributed by atoms with Crippen molar-refractivity contribution >= 4 is 11.8 Å². The minimum atomic E-state index is -0.715. The molecule has 0 atom stereocenters. The molecule has 3 rings (SSSR count). The molecule has 0 fully saturated rings. The Kier molecular flexibility index (Phi) is 10.2. The molecule has 2 aromatic carbocycles. The number of anilines is 1. The van der Waals surface area contributed by atoms with Gasteiger partial charge in [0.15, 0.2) is 5.75 Å². The van der Waals surface area contributed by atoms with Crippen LogP contribution in [0.3, 0.4) is 0 Å². The summed E-state index contributed by atoms with van der Waals surface area (Å²) >= 11 is 0. The minimum Gasteiger partial charge on any atom is -0.482 e. The van der Waals surface area contributed by atoms with Crippen LogP contribution in [0.25, 0.3) is 0 Å². The summed E-state index contributed by atoms with van der Waals surface area (Å²) in [6.07, 6.45) is 0.974. The number of aromatic nitrogens is 1. The molecule has 38 heavy (non-hydrogen) atoms. The van der Waals surface area contributed by atoms with E-state index < -0.39 is 11.7 Å². The molecule has 0 aliphatic heterocycles. The van der Waals surface area contributed by atoms with Gasteiger partial charge in [-0.3, -0.25) is 10.1 Å². The smallest absolute Gasteiger partial charge is 0.415 e. The molecule has 0 bridgehead atoms. The molecule has 1 N–H and O–H groups in total. The topological polar surface area (TPSA) is 110 Å². The first kappa shape index (κ1) is 29.7. The highest BCUT2D eigenvalue weighted by Crippen LogP contribution is 2.28. The molecule has 198 valence electrons. The Morgan fingerprint density at radius 2 is 1.66 bits per heavy atom. The molecule has 8 heteroatoms. The maximum absolute atomic E-state index is 13.1. The van der Waals surface area contributed by atoms with Gasteiger partial charge in [-0.1, -0.05) is 26.0 Å². The highest BCUT2D eigenvalue weighted by molar-refractivity contribution is 5.88. The molecule has 1 heterocycles. The zero-order valence-corrected chi connectivity index (χ0v) is 23.1. The fourth-order valence-electron chi connectivity index (χ4n) is 3.59. The van der Waals surface area contributed by atoms with Gasteiger partial charge >= 0.3 is 6.09 Å². The number of amides is 1. The molecule has 8 nitrogen and oxygen atoms in total. The molecule has 1 amide bonds. The van der Waals surface area contributed by atoms with Gasteiger partial charge in [0.25, 0.3) is 5.69 Å². The number of hydrogen-bond acceptors (Lipinski definition) is 6. The molecule has 0 aliphatic carbocycles. The van der Waals surface area contributed by atoms with E-state index in [9.17, 15) is 10.0 Å².